The van der Waals surface area contributed by atoms with Gasteiger partial charge >= 0.3 is 35.5 Å². The van der Waals surface area contributed by atoms with Crippen LogP contribution < -0.4 is 5.32 Å². The second-order valence-corrected chi connectivity index (χ2v) is 8.42. The van der Waals surface area contributed by atoms with Crippen molar-refractivity contribution < 1.29 is 14.7 Å². The molecule has 0 unspecified atom stereocenters. The van der Waals surface area contributed by atoms with Crippen molar-refractivity contribution in [1.82, 2.24) is 5.32 Å². The Kier molecular flexibility index (Phi) is 23.8. The van der Waals surface area contributed by atoms with Crippen LogP contribution in [0.4, 0.5) is 0 Å². The summed E-state index contributed by atoms with van der Waals surface area (Å²) in [4.78, 5) is 23.1. The van der Waals surface area contributed by atoms with Crippen molar-refractivity contribution in [2.75, 3.05) is 0 Å². The van der Waals surface area contributed by atoms with Crippen LogP contribution in [-0.2, 0) is 9.59 Å². The first kappa shape index (κ1) is 30.9. The van der Waals surface area contributed by atoms with E-state index >= 15 is 0 Å². The van der Waals surface area contributed by atoms with Gasteiger partial charge in [-0.25, -0.2) is 4.79 Å². The third-order valence-corrected chi connectivity index (χ3v) is 5.01. The Morgan fingerprint density at radius 2 is 1.31 bits per heavy atom. The molecule has 0 spiro atoms. The van der Waals surface area contributed by atoms with Crippen LogP contribution in [0.15, 0.2) is 12.2 Å². The minimum absolute atomic E-state index is 0. The van der Waals surface area contributed by atoms with E-state index < -0.39 is 12.0 Å². The molecule has 0 heterocycles. The number of carboxylic acid groups (broad SMARTS) is 1. The quantitative estimate of drug-likeness (QED) is 0.153. The predicted molar refractivity (Wildman–Crippen MR) is 126 cm³/mol. The molecule has 0 aliphatic heterocycles. The molecular formula is C24H46NNaO3. The summed E-state index contributed by atoms with van der Waals surface area (Å²) in [6.07, 6.45) is 21.5. The molecule has 2 N–H and O–H groups in total. The molecule has 29 heavy (non-hydrogen) atoms. The molecule has 5 heteroatoms. The Bertz CT molecular complexity index is 424. The van der Waals surface area contributed by atoms with Gasteiger partial charge in [0.25, 0.3) is 0 Å². The molecule has 0 fully saturated rings. The first-order valence-corrected chi connectivity index (χ1v) is 11.6. The molecule has 0 saturated carbocycles. The van der Waals surface area contributed by atoms with Gasteiger partial charge in [-0.3, -0.25) is 4.79 Å². The number of amides is 1. The summed E-state index contributed by atoms with van der Waals surface area (Å²) in [5.74, 6) is -0.821. The predicted octanol–water partition coefficient (Wildman–Crippen LogP) is 5.99. The van der Waals surface area contributed by atoms with Gasteiger partial charge in [0.05, 0.1) is 0 Å². The van der Waals surface area contributed by atoms with Crippen LogP contribution in [0.2, 0.25) is 0 Å². The third kappa shape index (κ3) is 22.2. The zero-order valence-corrected chi connectivity index (χ0v) is 18.7. The van der Waals surface area contributed by atoms with Gasteiger partial charge in [0.15, 0.2) is 0 Å². The van der Waals surface area contributed by atoms with E-state index in [-0.39, 0.29) is 41.4 Å². The number of carbonyl (C=O) groups excluding carboxylic acids is 1. The van der Waals surface area contributed by atoms with E-state index in [2.05, 4.69) is 24.4 Å². The summed E-state index contributed by atoms with van der Waals surface area (Å²) in [6.45, 7) is 6.18. The van der Waals surface area contributed by atoms with Crippen LogP contribution in [0, 0.1) is 5.92 Å². The fourth-order valence-electron chi connectivity index (χ4n) is 3.32. The standard InChI is InChI=1S/C24H45NO3.Na.H/c1-4-5-6-7-8-9-10-11-12-13-14-15-16-17-18-19-23(26)25-22(24(27)28)20-21(2)3;;/h11-12,21-22H,4-10,13-20H2,1-3H3,(H,25,26)(H,27,28);;/b12-11-;;/t22-;;/m0../s1. The summed E-state index contributed by atoms with van der Waals surface area (Å²) in [6, 6.07) is -0.754. The van der Waals surface area contributed by atoms with E-state index in [1.54, 1.807) is 0 Å². The van der Waals surface area contributed by atoms with Gasteiger partial charge in [0.1, 0.15) is 6.04 Å². The van der Waals surface area contributed by atoms with E-state index in [9.17, 15) is 9.59 Å². The maximum absolute atomic E-state index is 11.9. The summed E-state index contributed by atoms with van der Waals surface area (Å²) in [5, 5.41) is 11.8. The fourth-order valence-corrected chi connectivity index (χ4v) is 3.32. The second kappa shape index (κ2) is 22.4. The van der Waals surface area contributed by atoms with Crippen molar-refractivity contribution in [3.8, 4) is 0 Å². The molecule has 1 atom stereocenters. The molecule has 0 aromatic heterocycles. The van der Waals surface area contributed by atoms with E-state index in [1.165, 1.54) is 57.8 Å². The van der Waals surface area contributed by atoms with Crippen LogP contribution in [-0.4, -0.2) is 52.6 Å². The Hall–Kier alpha value is -0.320. The minimum atomic E-state index is -0.938. The van der Waals surface area contributed by atoms with Crippen molar-refractivity contribution in [2.24, 2.45) is 5.92 Å². The number of unbranched alkanes of at least 4 members (excludes halogenated alkanes) is 11. The van der Waals surface area contributed by atoms with Gasteiger partial charge in [0, 0.05) is 6.42 Å². The van der Waals surface area contributed by atoms with E-state index in [0.717, 1.165) is 25.7 Å². The van der Waals surface area contributed by atoms with Gasteiger partial charge in [-0.15, -0.1) is 0 Å². The van der Waals surface area contributed by atoms with Crippen LogP contribution >= 0.6 is 0 Å². The van der Waals surface area contributed by atoms with E-state index in [1.807, 2.05) is 13.8 Å². The van der Waals surface area contributed by atoms with Crippen molar-refractivity contribution >= 4 is 41.4 Å². The number of rotatable bonds is 19. The first-order valence-electron chi connectivity index (χ1n) is 11.6. The molecular weight excluding hydrogens is 373 g/mol. The average molecular weight is 420 g/mol. The molecule has 1 amide bonds. The third-order valence-electron chi connectivity index (χ3n) is 5.01. The number of hydrogen-bond donors (Lipinski definition) is 2. The monoisotopic (exact) mass is 419 g/mol. The maximum atomic E-state index is 11.9. The van der Waals surface area contributed by atoms with E-state index in [4.69, 9.17) is 5.11 Å². The Morgan fingerprint density at radius 3 is 1.79 bits per heavy atom. The molecule has 0 aromatic carbocycles. The summed E-state index contributed by atoms with van der Waals surface area (Å²) >= 11 is 0. The number of carbonyl (C=O) groups is 2. The number of carboxylic acids is 1. The number of aliphatic carboxylic acids is 1. The summed E-state index contributed by atoms with van der Waals surface area (Å²) < 4.78 is 0. The Balaban J connectivity index is 0. The van der Waals surface area contributed by atoms with Crippen LogP contribution in [0.1, 0.15) is 117 Å². The molecule has 0 radical (unpaired) electrons. The average Bonchev–Trinajstić information content (AvgIpc) is 2.64. The second-order valence-electron chi connectivity index (χ2n) is 8.42. The zero-order valence-electron chi connectivity index (χ0n) is 18.7. The van der Waals surface area contributed by atoms with Crippen molar-refractivity contribution in [1.29, 1.82) is 0 Å². The van der Waals surface area contributed by atoms with Crippen molar-refractivity contribution in [2.45, 2.75) is 123 Å². The summed E-state index contributed by atoms with van der Waals surface area (Å²) in [5.41, 5.74) is 0. The van der Waals surface area contributed by atoms with Crippen LogP contribution in [0.25, 0.3) is 0 Å². The van der Waals surface area contributed by atoms with Crippen molar-refractivity contribution in [3.05, 3.63) is 12.2 Å². The fraction of sp³-hybridized carbons (Fsp3) is 0.833. The molecule has 0 rings (SSSR count). The van der Waals surface area contributed by atoms with Crippen LogP contribution in [0.3, 0.4) is 0 Å². The molecule has 4 nitrogen and oxygen atoms in total. The number of nitrogens with one attached hydrogen (secondary N) is 1. The first-order chi connectivity index (χ1) is 13.5. The Labute approximate surface area is 202 Å². The van der Waals surface area contributed by atoms with E-state index in [0.29, 0.717) is 12.8 Å². The van der Waals surface area contributed by atoms with Gasteiger partial charge < -0.3 is 10.4 Å². The Morgan fingerprint density at radius 1 is 0.828 bits per heavy atom. The molecule has 0 aliphatic carbocycles. The molecule has 166 valence electrons. The molecule has 0 saturated heterocycles. The number of allylic oxidation sites excluding steroid dienone is 2. The van der Waals surface area contributed by atoms with Gasteiger partial charge in [-0.1, -0.05) is 84.3 Å². The van der Waals surface area contributed by atoms with Crippen molar-refractivity contribution in [3.63, 3.8) is 0 Å². The summed E-state index contributed by atoms with van der Waals surface area (Å²) in [7, 11) is 0. The van der Waals surface area contributed by atoms with Crippen LogP contribution in [0.5, 0.6) is 0 Å². The number of hydrogen-bond acceptors (Lipinski definition) is 2. The topological polar surface area (TPSA) is 66.4 Å². The van der Waals surface area contributed by atoms with Gasteiger partial charge in [-0.2, -0.15) is 0 Å². The van der Waals surface area contributed by atoms with Gasteiger partial charge in [0.2, 0.25) is 5.91 Å². The SMILES string of the molecule is CCCCCCCC/C=C\CCCCCCCC(=O)N[C@@H](CC(C)C)C(=O)O.[NaH]. The zero-order chi connectivity index (χ0) is 21.0. The normalized spacial score (nSPS) is 12.1. The van der Waals surface area contributed by atoms with Gasteiger partial charge in [-0.05, 0) is 44.4 Å². The molecule has 0 aromatic rings. The molecule has 0 aliphatic rings. The molecule has 0 bridgehead atoms.